The summed E-state index contributed by atoms with van der Waals surface area (Å²) in [5.41, 5.74) is 0. The highest BCUT2D eigenvalue weighted by Crippen LogP contribution is 2.26. The fourth-order valence-corrected chi connectivity index (χ4v) is 2.44. The molecule has 4 heteroatoms. The van der Waals surface area contributed by atoms with Crippen LogP contribution in [0.3, 0.4) is 0 Å². The third-order valence-corrected chi connectivity index (χ3v) is 3.68. The zero-order chi connectivity index (χ0) is 13.0. The fourth-order valence-electron chi connectivity index (χ4n) is 2.44. The van der Waals surface area contributed by atoms with Gasteiger partial charge in [-0.1, -0.05) is 13.0 Å². The quantitative estimate of drug-likeness (QED) is 0.580. The van der Waals surface area contributed by atoms with Gasteiger partial charge < -0.3 is 9.84 Å². The van der Waals surface area contributed by atoms with Crippen molar-refractivity contribution >= 4 is 5.97 Å². The van der Waals surface area contributed by atoms with Crippen molar-refractivity contribution in [2.45, 2.75) is 44.9 Å². The molecule has 1 N–H and O–H groups in total. The van der Waals surface area contributed by atoms with E-state index in [2.05, 4.69) is 20.4 Å². The molecule has 17 heavy (non-hydrogen) atoms. The van der Waals surface area contributed by atoms with Crippen molar-refractivity contribution in [3.05, 3.63) is 12.7 Å². The Morgan fingerprint density at radius 2 is 2.29 bits per heavy atom. The van der Waals surface area contributed by atoms with Gasteiger partial charge in [0.2, 0.25) is 0 Å². The van der Waals surface area contributed by atoms with E-state index in [1.807, 2.05) is 11.0 Å². The Balaban J connectivity index is 2.72. The number of aliphatic hydroxyl groups excluding tert-OH is 1. The molecule has 1 heterocycles. The van der Waals surface area contributed by atoms with Gasteiger partial charge in [-0.15, -0.1) is 6.58 Å². The largest absolute Gasteiger partial charge is 0.468 e. The van der Waals surface area contributed by atoms with Gasteiger partial charge in [-0.05, 0) is 19.3 Å². The standard InChI is InChI=1S/C13H23NO3/c1-5-6-9(2)10(3)14-8-11(15)7-12(14)13(16)17-4/h5,9-12,15H,1,6-8H2,2-4H3/t9?,10?,11-,12+/m1/s1. The first-order valence-electron chi connectivity index (χ1n) is 6.13. The number of esters is 1. The van der Waals surface area contributed by atoms with E-state index in [0.29, 0.717) is 18.9 Å². The average Bonchev–Trinajstić information content (AvgIpc) is 2.69. The second-order valence-electron chi connectivity index (χ2n) is 4.87. The van der Waals surface area contributed by atoms with Crippen LogP contribution in [0.15, 0.2) is 12.7 Å². The van der Waals surface area contributed by atoms with Crippen LogP contribution in [0.25, 0.3) is 0 Å². The monoisotopic (exact) mass is 241 g/mol. The number of carbonyl (C=O) groups is 1. The minimum atomic E-state index is -0.433. The van der Waals surface area contributed by atoms with Crippen molar-refractivity contribution < 1.29 is 14.6 Å². The molecule has 2 unspecified atom stereocenters. The Morgan fingerprint density at radius 3 is 2.82 bits per heavy atom. The molecule has 4 atom stereocenters. The summed E-state index contributed by atoms with van der Waals surface area (Å²) in [5.74, 6) is 0.157. The summed E-state index contributed by atoms with van der Waals surface area (Å²) in [5, 5.41) is 9.71. The third-order valence-electron chi connectivity index (χ3n) is 3.68. The Labute approximate surface area is 103 Å². The maximum absolute atomic E-state index is 11.7. The van der Waals surface area contributed by atoms with E-state index >= 15 is 0 Å². The van der Waals surface area contributed by atoms with Gasteiger partial charge in [-0.3, -0.25) is 9.69 Å². The van der Waals surface area contributed by atoms with Crippen molar-refractivity contribution in [1.82, 2.24) is 4.90 Å². The highest BCUT2D eigenvalue weighted by atomic mass is 16.5. The predicted molar refractivity (Wildman–Crippen MR) is 66.6 cm³/mol. The number of hydrogen-bond acceptors (Lipinski definition) is 4. The summed E-state index contributed by atoms with van der Waals surface area (Å²) in [6, 6.07) is -0.0773. The van der Waals surface area contributed by atoms with Gasteiger partial charge in [-0.2, -0.15) is 0 Å². The molecular formula is C13H23NO3. The number of allylic oxidation sites excluding steroid dienone is 1. The first kappa shape index (κ1) is 14.2. The molecule has 0 aliphatic carbocycles. The van der Waals surface area contributed by atoms with Gasteiger partial charge in [0.25, 0.3) is 0 Å². The third kappa shape index (κ3) is 3.30. The van der Waals surface area contributed by atoms with Crippen LogP contribution in [0.2, 0.25) is 0 Å². The highest BCUT2D eigenvalue weighted by molar-refractivity contribution is 5.76. The Hall–Kier alpha value is -0.870. The maximum atomic E-state index is 11.7. The highest BCUT2D eigenvalue weighted by Gasteiger charge is 2.40. The summed E-state index contributed by atoms with van der Waals surface area (Å²) >= 11 is 0. The van der Waals surface area contributed by atoms with Crippen LogP contribution < -0.4 is 0 Å². The molecule has 98 valence electrons. The van der Waals surface area contributed by atoms with Crippen LogP contribution in [0.4, 0.5) is 0 Å². The molecule has 1 fully saturated rings. The summed E-state index contributed by atoms with van der Waals surface area (Å²) < 4.78 is 4.79. The number of hydrogen-bond donors (Lipinski definition) is 1. The van der Waals surface area contributed by atoms with Crippen molar-refractivity contribution in [2.75, 3.05) is 13.7 Å². The molecule has 1 aliphatic heterocycles. The van der Waals surface area contributed by atoms with E-state index in [4.69, 9.17) is 4.74 Å². The van der Waals surface area contributed by atoms with Gasteiger partial charge in [0.05, 0.1) is 13.2 Å². The van der Waals surface area contributed by atoms with E-state index in [1.54, 1.807) is 0 Å². The van der Waals surface area contributed by atoms with E-state index in [1.165, 1.54) is 7.11 Å². The first-order chi connectivity index (χ1) is 8.01. The van der Waals surface area contributed by atoms with Crippen LogP contribution in [-0.2, 0) is 9.53 Å². The van der Waals surface area contributed by atoms with Gasteiger partial charge in [-0.25, -0.2) is 0 Å². The Kier molecular flexibility index (Phi) is 5.15. The van der Waals surface area contributed by atoms with Crippen molar-refractivity contribution in [3.8, 4) is 0 Å². The topological polar surface area (TPSA) is 49.8 Å². The van der Waals surface area contributed by atoms with Crippen molar-refractivity contribution in [3.63, 3.8) is 0 Å². The number of carbonyl (C=O) groups excluding carboxylic acids is 1. The lowest BCUT2D eigenvalue weighted by atomic mass is 9.98. The molecular weight excluding hydrogens is 218 g/mol. The molecule has 1 saturated heterocycles. The van der Waals surface area contributed by atoms with Crippen LogP contribution in [0, 0.1) is 5.92 Å². The fraction of sp³-hybridized carbons (Fsp3) is 0.769. The molecule has 0 spiro atoms. The normalized spacial score (nSPS) is 28.7. The second-order valence-corrected chi connectivity index (χ2v) is 4.87. The average molecular weight is 241 g/mol. The minimum Gasteiger partial charge on any atom is -0.468 e. The number of likely N-dealkylation sites (tertiary alicyclic amines) is 1. The zero-order valence-electron chi connectivity index (χ0n) is 10.9. The lowest BCUT2D eigenvalue weighted by Crippen LogP contribution is -2.45. The van der Waals surface area contributed by atoms with Crippen molar-refractivity contribution in [1.29, 1.82) is 0 Å². The molecule has 0 radical (unpaired) electrons. The van der Waals surface area contributed by atoms with Crippen molar-refractivity contribution in [2.24, 2.45) is 5.92 Å². The smallest absolute Gasteiger partial charge is 0.323 e. The summed E-state index contributed by atoms with van der Waals surface area (Å²) in [6.45, 7) is 8.50. The van der Waals surface area contributed by atoms with E-state index in [9.17, 15) is 9.90 Å². The first-order valence-corrected chi connectivity index (χ1v) is 6.13. The number of aliphatic hydroxyl groups is 1. The van der Waals surface area contributed by atoms with Crippen LogP contribution >= 0.6 is 0 Å². The zero-order valence-corrected chi connectivity index (χ0v) is 10.9. The molecule has 0 amide bonds. The van der Waals surface area contributed by atoms with Gasteiger partial charge in [0, 0.05) is 19.0 Å². The molecule has 1 rings (SSSR count). The number of ether oxygens (including phenoxy) is 1. The molecule has 0 aromatic rings. The summed E-state index contributed by atoms with van der Waals surface area (Å²) in [4.78, 5) is 13.7. The second kappa shape index (κ2) is 6.17. The van der Waals surface area contributed by atoms with E-state index in [-0.39, 0.29) is 18.1 Å². The minimum absolute atomic E-state index is 0.231. The molecule has 0 saturated carbocycles. The van der Waals surface area contributed by atoms with Gasteiger partial charge in [0.15, 0.2) is 0 Å². The maximum Gasteiger partial charge on any atom is 0.323 e. The van der Waals surface area contributed by atoms with Gasteiger partial charge >= 0.3 is 5.97 Å². The molecule has 4 nitrogen and oxygen atoms in total. The van der Waals surface area contributed by atoms with Gasteiger partial charge in [0.1, 0.15) is 6.04 Å². The number of β-amino-alcohol motifs (C(OH)–C–C–N with tert-alkyl or cyclic N) is 1. The molecule has 0 bridgehead atoms. The SMILES string of the molecule is C=CCC(C)C(C)N1C[C@H](O)C[C@H]1C(=O)OC. The molecule has 1 aliphatic rings. The molecule has 0 aromatic heterocycles. The Bertz CT molecular complexity index is 280. The number of nitrogens with zero attached hydrogens (tertiary/aromatic N) is 1. The number of rotatable bonds is 5. The summed E-state index contributed by atoms with van der Waals surface area (Å²) in [7, 11) is 1.39. The predicted octanol–water partition coefficient (Wildman–Crippen LogP) is 1.20. The Morgan fingerprint density at radius 1 is 1.65 bits per heavy atom. The van der Waals surface area contributed by atoms with Crippen LogP contribution in [0.5, 0.6) is 0 Å². The lowest BCUT2D eigenvalue weighted by Gasteiger charge is -2.32. The van der Waals surface area contributed by atoms with E-state index < -0.39 is 6.10 Å². The lowest BCUT2D eigenvalue weighted by molar-refractivity contribution is -0.146. The van der Waals surface area contributed by atoms with Crippen LogP contribution in [-0.4, -0.2) is 47.8 Å². The summed E-state index contributed by atoms with van der Waals surface area (Å²) in [6.07, 6.45) is 2.83. The molecule has 0 aromatic carbocycles. The van der Waals surface area contributed by atoms with E-state index in [0.717, 1.165) is 6.42 Å². The number of methoxy groups -OCH3 is 1. The van der Waals surface area contributed by atoms with Crippen LogP contribution in [0.1, 0.15) is 26.7 Å².